The molecule has 0 spiro atoms. The van der Waals surface area contributed by atoms with Crippen LogP contribution in [0.4, 0.5) is 0 Å². The fourth-order valence-electron chi connectivity index (χ4n) is 6.00. The molecule has 4 aromatic rings. The first kappa shape index (κ1) is 18.8. The molecule has 0 aliphatic heterocycles. The van der Waals surface area contributed by atoms with E-state index in [9.17, 15) is 9.59 Å². The third-order valence-corrected chi connectivity index (χ3v) is 7.71. The number of benzene rings is 4. The quantitative estimate of drug-likeness (QED) is 0.302. The first-order chi connectivity index (χ1) is 16.2. The molecule has 0 N–H and O–H groups in total. The van der Waals surface area contributed by atoms with E-state index in [0.717, 1.165) is 43.2 Å². The van der Waals surface area contributed by atoms with Crippen molar-refractivity contribution in [1.29, 1.82) is 0 Å². The highest BCUT2D eigenvalue weighted by atomic mass is 16.1. The lowest BCUT2D eigenvalue weighted by Gasteiger charge is -2.20. The number of ketones is 2. The van der Waals surface area contributed by atoms with Crippen LogP contribution in [-0.4, -0.2) is 11.6 Å². The van der Waals surface area contributed by atoms with E-state index in [-0.39, 0.29) is 11.6 Å². The Hall–Kier alpha value is -3.78. The number of carbonyl (C=O) groups excluding carboxylic acids is 2. The van der Waals surface area contributed by atoms with Gasteiger partial charge in [0.1, 0.15) is 0 Å². The Morgan fingerprint density at radius 3 is 1.79 bits per heavy atom. The zero-order chi connectivity index (χ0) is 22.1. The van der Waals surface area contributed by atoms with Crippen LogP contribution in [-0.2, 0) is 32.1 Å². The van der Waals surface area contributed by atoms with Gasteiger partial charge in [-0.1, -0.05) is 66.7 Å². The molecule has 0 amide bonds. The van der Waals surface area contributed by atoms with Gasteiger partial charge in [0.05, 0.1) is 0 Å². The molecule has 0 atom stereocenters. The minimum atomic E-state index is -0.0354. The maximum absolute atomic E-state index is 13.6. The summed E-state index contributed by atoms with van der Waals surface area (Å²) in [5.41, 5.74) is 12.5. The van der Waals surface area contributed by atoms with Crippen LogP contribution in [0.5, 0.6) is 0 Å². The van der Waals surface area contributed by atoms with Crippen molar-refractivity contribution in [1.82, 2.24) is 0 Å². The third kappa shape index (κ3) is 2.67. The number of hydrogen-bond acceptors (Lipinski definition) is 2. The van der Waals surface area contributed by atoms with E-state index in [4.69, 9.17) is 0 Å². The molecule has 0 saturated heterocycles. The first-order valence-electron chi connectivity index (χ1n) is 11.7. The molecule has 6 aliphatic rings. The van der Waals surface area contributed by atoms with Crippen LogP contribution < -0.4 is 0 Å². The highest BCUT2D eigenvalue weighted by molar-refractivity contribution is 6.29. The van der Waals surface area contributed by atoms with E-state index in [1.54, 1.807) is 12.1 Å². The Labute approximate surface area is 192 Å². The number of carbonyl (C=O) groups is 2. The minimum absolute atomic E-state index is 0.0107. The normalized spacial score (nSPS) is 15.4. The van der Waals surface area contributed by atoms with E-state index >= 15 is 0 Å². The fourth-order valence-corrected chi connectivity index (χ4v) is 6.00. The summed E-state index contributed by atoms with van der Waals surface area (Å²) < 4.78 is 0. The van der Waals surface area contributed by atoms with Gasteiger partial charge in [0.15, 0.2) is 11.6 Å². The molecule has 0 saturated carbocycles. The summed E-state index contributed by atoms with van der Waals surface area (Å²) in [4.78, 5) is 26.9. The minimum Gasteiger partial charge on any atom is -0.289 e. The summed E-state index contributed by atoms with van der Waals surface area (Å²) in [7, 11) is 0. The Morgan fingerprint density at radius 2 is 1.06 bits per heavy atom. The van der Waals surface area contributed by atoms with Crippen molar-refractivity contribution in [3.8, 4) is 11.1 Å². The molecule has 33 heavy (non-hydrogen) atoms. The maximum atomic E-state index is 13.6. The highest BCUT2D eigenvalue weighted by Crippen LogP contribution is 2.45. The van der Waals surface area contributed by atoms with Crippen molar-refractivity contribution in [3.63, 3.8) is 0 Å². The zero-order valence-electron chi connectivity index (χ0n) is 18.3. The largest absolute Gasteiger partial charge is 0.289 e. The molecule has 0 heterocycles. The second kappa shape index (κ2) is 6.86. The SMILES string of the molecule is O=C1c2ccccc2C(=O)c2c1ccc1c2Cc2c3ccc(c2-1)CCc1ccc(cc1)CC3. The zero-order valence-corrected chi connectivity index (χ0v) is 18.3. The van der Waals surface area contributed by atoms with E-state index in [1.165, 1.54) is 33.4 Å². The van der Waals surface area contributed by atoms with Crippen LogP contribution in [0.25, 0.3) is 11.1 Å². The Balaban J connectivity index is 1.42. The molecular formula is C31H22O2. The van der Waals surface area contributed by atoms with Gasteiger partial charge in [-0.25, -0.2) is 0 Å². The smallest absolute Gasteiger partial charge is 0.194 e. The fraction of sp³-hybridized carbons (Fsp3) is 0.161. The number of rotatable bonds is 0. The van der Waals surface area contributed by atoms with Crippen molar-refractivity contribution < 1.29 is 9.59 Å². The van der Waals surface area contributed by atoms with Crippen molar-refractivity contribution in [2.75, 3.05) is 0 Å². The summed E-state index contributed by atoms with van der Waals surface area (Å²) in [6.07, 6.45) is 4.68. The van der Waals surface area contributed by atoms with Gasteiger partial charge < -0.3 is 0 Å². The lowest BCUT2D eigenvalue weighted by Crippen LogP contribution is -2.22. The lowest BCUT2D eigenvalue weighted by molar-refractivity contribution is 0.0978. The van der Waals surface area contributed by atoms with Crippen LogP contribution in [0.1, 0.15) is 65.2 Å². The summed E-state index contributed by atoms with van der Waals surface area (Å²) >= 11 is 0. The predicted molar refractivity (Wildman–Crippen MR) is 129 cm³/mol. The van der Waals surface area contributed by atoms with Gasteiger partial charge in [-0.15, -0.1) is 0 Å². The van der Waals surface area contributed by atoms with Gasteiger partial charge in [-0.3, -0.25) is 9.59 Å². The van der Waals surface area contributed by atoms with Gasteiger partial charge in [0.25, 0.3) is 0 Å². The van der Waals surface area contributed by atoms with Crippen LogP contribution >= 0.6 is 0 Å². The molecule has 4 aromatic carbocycles. The molecule has 158 valence electrons. The molecule has 2 nitrogen and oxygen atoms in total. The number of fused-ring (bicyclic) bond motifs is 4. The van der Waals surface area contributed by atoms with E-state index in [2.05, 4.69) is 42.5 Å². The van der Waals surface area contributed by atoms with Gasteiger partial charge in [-0.2, -0.15) is 0 Å². The van der Waals surface area contributed by atoms with Crippen LogP contribution in [0.2, 0.25) is 0 Å². The summed E-state index contributed by atoms with van der Waals surface area (Å²) in [6.45, 7) is 0. The van der Waals surface area contributed by atoms with Gasteiger partial charge in [0, 0.05) is 22.3 Å². The van der Waals surface area contributed by atoms with E-state index in [1.807, 2.05) is 18.2 Å². The Kier molecular flexibility index (Phi) is 3.90. The van der Waals surface area contributed by atoms with Crippen molar-refractivity contribution in [2.45, 2.75) is 32.1 Å². The number of aryl methyl sites for hydroxylation is 4. The molecule has 2 heteroatoms. The average Bonchev–Trinajstić information content (AvgIpc) is 3.24. The molecule has 6 aliphatic carbocycles. The maximum Gasteiger partial charge on any atom is 0.194 e. The van der Waals surface area contributed by atoms with Crippen LogP contribution in [0.15, 0.2) is 72.8 Å². The molecule has 0 fully saturated rings. The van der Waals surface area contributed by atoms with Crippen molar-refractivity contribution >= 4 is 11.6 Å². The monoisotopic (exact) mass is 426 g/mol. The van der Waals surface area contributed by atoms with Crippen LogP contribution in [0, 0.1) is 0 Å². The summed E-state index contributed by atoms with van der Waals surface area (Å²) in [5, 5.41) is 0. The Bertz CT molecular complexity index is 1510. The molecule has 4 bridgehead atoms. The van der Waals surface area contributed by atoms with E-state index in [0.29, 0.717) is 22.3 Å². The second-order valence-corrected chi connectivity index (χ2v) is 9.45. The second-order valence-electron chi connectivity index (χ2n) is 9.45. The topological polar surface area (TPSA) is 34.1 Å². The highest BCUT2D eigenvalue weighted by Gasteiger charge is 2.36. The van der Waals surface area contributed by atoms with Gasteiger partial charge >= 0.3 is 0 Å². The number of hydrogen-bond donors (Lipinski definition) is 0. The first-order valence-corrected chi connectivity index (χ1v) is 11.7. The van der Waals surface area contributed by atoms with Crippen molar-refractivity contribution in [3.05, 3.63) is 128 Å². The van der Waals surface area contributed by atoms with Crippen molar-refractivity contribution in [2.24, 2.45) is 0 Å². The van der Waals surface area contributed by atoms with Gasteiger partial charge in [0.2, 0.25) is 0 Å². The molecule has 10 rings (SSSR count). The lowest BCUT2D eigenvalue weighted by atomic mass is 9.80. The molecule has 0 aromatic heterocycles. The molecule has 0 unspecified atom stereocenters. The molecular weight excluding hydrogens is 404 g/mol. The molecule has 0 radical (unpaired) electrons. The summed E-state index contributed by atoms with van der Waals surface area (Å²) in [6, 6.07) is 24.8. The van der Waals surface area contributed by atoms with Gasteiger partial charge in [-0.05, 0) is 82.7 Å². The standard InChI is InChI=1S/C31H22O2/c32-30-23-3-1-2-4-24(23)31(33)29-25(30)16-15-22-27(29)17-26-20-11-9-18-5-7-19(8-6-18)10-12-21(14-13-20)28(22)26/h1-8,13-16H,9-12,17H2. The Morgan fingerprint density at radius 1 is 0.455 bits per heavy atom. The van der Waals surface area contributed by atoms with Crippen LogP contribution in [0.3, 0.4) is 0 Å². The third-order valence-electron chi connectivity index (χ3n) is 7.71. The summed E-state index contributed by atoms with van der Waals surface area (Å²) in [5.74, 6) is -0.0461. The van der Waals surface area contributed by atoms with E-state index < -0.39 is 0 Å². The predicted octanol–water partition coefficient (Wildman–Crippen LogP) is 5.92. The average molecular weight is 427 g/mol.